The summed E-state index contributed by atoms with van der Waals surface area (Å²) in [7, 11) is 0. The zero-order valence-corrected chi connectivity index (χ0v) is 11.7. The first-order valence-electron chi connectivity index (χ1n) is 7.01. The molecule has 1 aliphatic carbocycles. The zero-order chi connectivity index (χ0) is 11.4. The summed E-state index contributed by atoms with van der Waals surface area (Å²) < 4.78 is 0. The minimum atomic E-state index is 0.679. The molecule has 0 radical (unpaired) electrons. The summed E-state index contributed by atoms with van der Waals surface area (Å²) in [5.41, 5.74) is 0.679. The van der Waals surface area contributed by atoms with Crippen molar-refractivity contribution in [3.8, 4) is 0 Å². The van der Waals surface area contributed by atoms with Gasteiger partial charge in [-0.05, 0) is 54.9 Å². The fraction of sp³-hybridized carbons (Fsp3) is 1.00. The molecule has 1 nitrogen and oxygen atoms in total. The Morgan fingerprint density at radius 1 is 1.25 bits per heavy atom. The number of hydrogen-bond acceptors (Lipinski definition) is 2. The van der Waals surface area contributed by atoms with E-state index in [2.05, 4.69) is 30.9 Å². The first-order valence-corrected chi connectivity index (χ1v) is 8.17. The van der Waals surface area contributed by atoms with Gasteiger partial charge in [0.1, 0.15) is 0 Å². The molecule has 1 aliphatic heterocycles. The second-order valence-corrected chi connectivity index (χ2v) is 7.44. The van der Waals surface area contributed by atoms with Crippen molar-refractivity contribution < 1.29 is 0 Å². The van der Waals surface area contributed by atoms with Crippen LogP contribution in [0.5, 0.6) is 0 Å². The molecule has 1 saturated heterocycles. The van der Waals surface area contributed by atoms with Crippen LogP contribution in [-0.2, 0) is 0 Å². The Morgan fingerprint density at radius 3 is 2.44 bits per heavy atom. The molecule has 1 N–H and O–H groups in total. The van der Waals surface area contributed by atoms with Gasteiger partial charge in [-0.2, -0.15) is 11.8 Å². The molecule has 0 aromatic rings. The van der Waals surface area contributed by atoms with Crippen LogP contribution in [0, 0.1) is 11.3 Å². The molecule has 0 bridgehead atoms. The maximum absolute atomic E-state index is 3.86. The lowest BCUT2D eigenvalue weighted by Gasteiger charge is -2.44. The van der Waals surface area contributed by atoms with Crippen LogP contribution in [-0.4, -0.2) is 24.1 Å². The summed E-state index contributed by atoms with van der Waals surface area (Å²) >= 11 is 2.12. The van der Waals surface area contributed by atoms with E-state index in [4.69, 9.17) is 0 Å². The number of nitrogens with one attached hydrogen (secondary N) is 1. The predicted molar refractivity (Wildman–Crippen MR) is 74.1 cm³/mol. The van der Waals surface area contributed by atoms with Gasteiger partial charge in [-0.1, -0.05) is 20.3 Å². The van der Waals surface area contributed by atoms with Gasteiger partial charge in [0.25, 0.3) is 0 Å². The lowest BCUT2D eigenvalue weighted by molar-refractivity contribution is 0.0934. The molecule has 0 spiro atoms. The third-order valence-corrected chi connectivity index (χ3v) is 5.29. The minimum Gasteiger partial charge on any atom is -0.313 e. The van der Waals surface area contributed by atoms with Crippen LogP contribution in [0.2, 0.25) is 0 Å². The smallest absolute Gasteiger partial charge is 0.00830 e. The molecule has 16 heavy (non-hydrogen) atoms. The molecular formula is C14H27NS. The van der Waals surface area contributed by atoms with Gasteiger partial charge in [0, 0.05) is 12.6 Å². The van der Waals surface area contributed by atoms with Crippen molar-refractivity contribution in [3.63, 3.8) is 0 Å². The van der Waals surface area contributed by atoms with Crippen LogP contribution in [0.3, 0.4) is 0 Å². The van der Waals surface area contributed by atoms with E-state index in [0.717, 1.165) is 12.0 Å². The molecule has 2 aliphatic rings. The summed E-state index contributed by atoms with van der Waals surface area (Å²) in [4.78, 5) is 0. The molecule has 1 heterocycles. The van der Waals surface area contributed by atoms with E-state index >= 15 is 0 Å². The second-order valence-electron chi connectivity index (χ2n) is 6.22. The fourth-order valence-corrected chi connectivity index (χ4v) is 4.36. The molecule has 94 valence electrons. The molecule has 2 rings (SSSR count). The molecule has 0 aromatic carbocycles. The monoisotopic (exact) mass is 241 g/mol. The third-order valence-electron chi connectivity index (χ3n) is 4.24. The van der Waals surface area contributed by atoms with Crippen LogP contribution < -0.4 is 5.32 Å². The lowest BCUT2D eigenvalue weighted by Crippen LogP contribution is -2.45. The fourth-order valence-electron chi connectivity index (χ4n) is 3.26. The first-order chi connectivity index (χ1) is 7.70. The molecular weight excluding hydrogens is 214 g/mol. The maximum atomic E-state index is 3.86. The summed E-state index contributed by atoms with van der Waals surface area (Å²) in [6.07, 6.45) is 8.63. The highest BCUT2D eigenvalue weighted by Gasteiger charge is 2.37. The van der Waals surface area contributed by atoms with Crippen LogP contribution in [0.25, 0.3) is 0 Å². The van der Waals surface area contributed by atoms with E-state index in [1.54, 1.807) is 0 Å². The summed E-state index contributed by atoms with van der Waals surface area (Å²) in [5, 5.41) is 3.86. The molecule has 1 saturated carbocycles. The Bertz CT molecular complexity index is 205. The minimum absolute atomic E-state index is 0.679. The van der Waals surface area contributed by atoms with E-state index in [1.807, 2.05) is 0 Å². The van der Waals surface area contributed by atoms with Crippen LogP contribution in [0.4, 0.5) is 0 Å². The Hall–Kier alpha value is 0.310. The van der Waals surface area contributed by atoms with Crippen LogP contribution in [0.1, 0.15) is 52.4 Å². The predicted octanol–water partition coefficient (Wildman–Crippen LogP) is 3.69. The van der Waals surface area contributed by atoms with Crippen molar-refractivity contribution in [2.24, 2.45) is 11.3 Å². The van der Waals surface area contributed by atoms with Crippen molar-refractivity contribution in [1.82, 2.24) is 5.32 Å². The van der Waals surface area contributed by atoms with Crippen molar-refractivity contribution in [2.45, 2.75) is 58.4 Å². The maximum Gasteiger partial charge on any atom is 0.00830 e. The standard InChI is InChI=1S/C14H27NS/c1-12(2)10-14(6-3-7-14)11-15-13-4-8-16-9-5-13/h12-13,15H,3-11H2,1-2H3. The van der Waals surface area contributed by atoms with Gasteiger partial charge in [-0.15, -0.1) is 0 Å². The van der Waals surface area contributed by atoms with Gasteiger partial charge in [0.15, 0.2) is 0 Å². The number of thioether (sulfide) groups is 1. The topological polar surface area (TPSA) is 12.0 Å². The van der Waals surface area contributed by atoms with Gasteiger partial charge >= 0.3 is 0 Å². The van der Waals surface area contributed by atoms with Crippen LogP contribution in [0.15, 0.2) is 0 Å². The summed E-state index contributed by atoms with van der Waals surface area (Å²) in [6.45, 7) is 6.04. The van der Waals surface area contributed by atoms with E-state index < -0.39 is 0 Å². The first kappa shape index (κ1) is 12.8. The Labute approximate surface area is 105 Å². The second kappa shape index (κ2) is 5.77. The molecule has 0 atom stereocenters. The summed E-state index contributed by atoms with van der Waals surface area (Å²) in [5.74, 6) is 3.60. The lowest BCUT2D eigenvalue weighted by atomic mass is 9.64. The van der Waals surface area contributed by atoms with Gasteiger partial charge in [0.2, 0.25) is 0 Å². The van der Waals surface area contributed by atoms with Crippen molar-refractivity contribution in [3.05, 3.63) is 0 Å². The third kappa shape index (κ3) is 3.40. The quantitative estimate of drug-likeness (QED) is 0.788. The van der Waals surface area contributed by atoms with E-state index in [9.17, 15) is 0 Å². The van der Waals surface area contributed by atoms with Gasteiger partial charge < -0.3 is 5.32 Å². The molecule has 0 amide bonds. The largest absolute Gasteiger partial charge is 0.313 e. The van der Waals surface area contributed by atoms with Crippen molar-refractivity contribution in [1.29, 1.82) is 0 Å². The van der Waals surface area contributed by atoms with Crippen molar-refractivity contribution >= 4 is 11.8 Å². The molecule has 2 fully saturated rings. The summed E-state index contributed by atoms with van der Waals surface area (Å²) in [6, 6.07) is 0.825. The number of rotatable bonds is 5. The number of hydrogen-bond donors (Lipinski definition) is 1. The SMILES string of the molecule is CC(C)CC1(CNC2CCSCC2)CCC1. The highest BCUT2D eigenvalue weighted by atomic mass is 32.2. The van der Waals surface area contributed by atoms with E-state index in [0.29, 0.717) is 5.41 Å². The van der Waals surface area contributed by atoms with Gasteiger partial charge in [-0.25, -0.2) is 0 Å². The Morgan fingerprint density at radius 2 is 1.94 bits per heavy atom. The Balaban J connectivity index is 1.73. The zero-order valence-electron chi connectivity index (χ0n) is 10.9. The molecule has 2 heteroatoms. The highest BCUT2D eigenvalue weighted by molar-refractivity contribution is 7.99. The van der Waals surface area contributed by atoms with E-state index in [1.165, 1.54) is 56.6 Å². The molecule has 0 aromatic heterocycles. The van der Waals surface area contributed by atoms with Crippen LogP contribution >= 0.6 is 11.8 Å². The highest BCUT2D eigenvalue weighted by Crippen LogP contribution is 2.45. The Kier molecular flexibility index (Phi) is 4.60. The van der Waals surface area contributed by atoms with Gasteiger partial charge in [-0.3, -0.25) is 0 Å². The van der Waals surface area contributed by atoms with E-state index in [-0.39, 0.29) is 0 Å². The average Bonchev–Trinajstić information content (AvgIpc) is 2.23. The average molecular weight is 241 g/mol. The molecule has 0 unspecified atom stereocenters. The van der Waals surface area contributed by atoms with Gasteiger partial charge in [0.05, 0.1) is 0 Å². The normalized spacial score (nSPS) is 25.7. The van der Waals surface area contributed by atoms with Crippen molar-refractivity contribution in [2.75, 3.05) is 18.1 Å².